The summed E-state index contributed by atoms with van der Waals surface area (Å²) < 4.78 is 0. The standard InChI is InChI=1S/C16H23N3O2S/c1-11(12-6-8-22-10-12)9-17-16(21)19-7-2-3-14(19)15(20)18-13-4-5-13/h6,8,10-11,13-14H,2-5,7,9H2,1H3,(H,17,21)(H,18,20)/t11-,14+/m1/s1. The van der Waals surface area contributed by atoms with E-state index < -0.39 is 0 Å². The van der Waals surface area contributed by atoms with Crippen molar-refractivity contribution in [1.29, 1.82) is 0 Å². The molecule has 2 aliphatic rings. The maximum atomic E-state index is 12.4. The van der Waals surface area contributed by atoms with Crippen molar-refractivity contribution in [2.75, 3.05) is 13.1 Å². The Morgan fingerprint density at radius 3 is 2.91 bits per heavy atom. The highest BCUT2D eigenvalue weighted by Gasteiger charge is 2.36. The molecule has 1 aliphatic heterocycles. The van der Waals surface area contributed by atoms with Crippen LogP contribution in [0.1, 0.15) is 44.1 Å². The van der Waals surface area contributed by atoms with Crippen LogP contribution in [0.25, 0.3) is 0 Å². The lowest BCUT2D eigenvalue weighted by atomic mass is 10.1. The molecule has 3 rings (SSSR count). The molecule has 1 saturated heterocycles. The number of amides is 3. The van der Waals surface area contributed by atoms with E-state index in [1.807, 2.05) is 5.38 Å². The van der Waals surface area contributed by atoms with Crippen LogP contribution in [0.4, 0.5) is 4.79 Å². The van der Waals surface area contributed by atoms with Gasteiger partial charge in [-0.2, -0.15) is 11.3 Å². The van der Waals surface area contributed by atoms with E-state index in [9.17, 15) is 9.59 Å². The monoisotopic (exact) mass is 321 g/mol. The number of thiophene rings is 1. The van der Waals surface area contributed by atoms with Crippen LogP contribution in [0, 0.1) is 0 Å². The van der Waals surface area contributed by atoms with Crippen LogP contribution in [-0.2, 0) is 4.79 Å². The van der Waals surface area contributed by atoms with Crippen LogP contribution in [0.15, 0.2) is 16.8 Å². The zero-order chi connectivity index (χ0) is 15.5. The largest absolute Gasteiger partial charge is 0.352 e. The maximum absolute atomic E-state index is 12.4. The minimum Gasteiger partial charge on any atom is -0.352 e. The van der Waals surface area contributed by atoms with Crippen molar-refractivity contribution < 1.29 is 9.59 Å². The topological polar surface area (TPSA) is 61.4 Å². The third-order valence-electron chi connectivity index (χ3n) is 4.41. The zero-order valence-corrected chi connectivity index (χ0v) is 13.7. The first-order valence-corrected chi connectivity index (χ1v) is 8.96. The average molecular weight is 321 g/mol. The molecule has 3 amide bonds. The van der Waals surface area contributed by atoms with Crippen LogP contribution in [0.5, 0.6) is 0 Å². The summed E-state index contributed by atoms with van der Waals surface area (Å²) in [5.41, 5.74) is 1.25. The number of likely N-dealkylation sites (tertiary alicyclic amines) is 1. The Bertz CT molecular complexity index is 528. The van der Waals surface area contributed by atoms with Gasteiger partial charge >= 0.3 is 6.03 Å². The van der Waals surface area contributed by atoms with E-state index in [0.29, 0.717) is 19.1 Å². The second kappa shape index (κ2) is 6.69. The molecule has 2 heterocycles. The number of carbonyl (C=O) groups is 2. The van der Waals surface area contributed by atoms with Gasteiger partial charge in [-0.1, -0.05) is 6.92 Å². The molecule has 0 aromatic carbocycles. The van der Waals surface area contributed by atoms with Gasteiger partial charge in [0.1, 0.15) is 6.04 Å². The molecule has 0 spiro atoms. The van der Waals surface area contributed by atoms with Gasteiger partial charge in [0.15, 0.2) is 0 Å². The first-order chi connectivity index (χ1) is 10.6. The molecule has 2 atom stereocenters. The number of nitrogens with zero attached hydrogens (tertiary/aromatic N) is 1. The molecule has 1 aliphatic carbocycles. The lowest BCUT2D eigenvalue weighted by Crippen LogP contribution is -2.50. The van der Waals surface area contributed by atoms with E-state index in [1.165, 1.54) is 5.56 Å². The van der Waals surface area contributed by atoms with Crippen molar-refractivity contribution in [3.05, 3.63) is 22.4 Å². The fraction of sp³-hybridized carbons (Fsp3) is 0.625. The number of nitrogens with one attached hydrogen (secondary N) is 2. The molecule has 2 N–H and O–H groups in total. The Kier molecular flexibility index (Phi) is 4.66. The molecule has 120 valence electrons. The quantitative estimate of drug-likeness (QED) is 0.874. The van der Waals surface area contributed by atoms with Crippen LogP contribution in [0.2, 0.25) is 0 Å². The molecule has 1 saturated carbocycles. The van der Waals surface area contributed by atoms with Crippen molar-refractivity contribution in [2.24, 2.45) is 0 Å². The van der Waals surface area contributed by atoms with E-state index in [1.54, 1.807) is 16.2 Å². The number of hydrogen-bond donors (Lipinski definition) is 2. The minimum absolute atomic E-state index is 0.0148. The number of urea groups is 1. The first kappa shape index (κ1) is 15.3. The van der Waals surface area contributed by atoms with Crippen molar-refractivity contribution >= 4 is 23.3 Å². The highest BCUT2D eigenvalue weighted by Crippen LogP contribution is 2.23. The van der Waals surface area contributed by atoms with Crippen molar-refractivity contribution in [1.82, 2.24) is 15.5 Å². The zero-order valence-electron chi connectivity index (χ0n) is 12.9. The molecule has 2 fully saturated rings. The molecule has 0 bridgehead atoms. The predicted molar refractivity (Wildman–Crippen MR) is 87.0 cm³/mol. The van der Waals surface area contributed by atoms with Crippen LogP contribution in [0.3, 0.4) is 0 Å². The highest BCUT2D eigenvalue weighted by molar-refractivity contribution is 7.07. The molecule has 0 unspecified atom stereocenters. The van der Waals surface area contributed by atoms with E-state index in [2.05, 4.69) is 29.0 Å². The molecular weight excluding hydrogens is 298 g/mol. The lowest BCUT2D eigenvalue weighted by Gasteiger charge is -2.25. The van der Waals surface area contributed by atoms with Crippen LogP contribution in [-0.4, -0.2) is 42.0 Å². The molecule has 6 heteroatoms. The Labute approximate surface area is 135 Å². The molecule has 5 nitrogen and oxygen atoms in total. The first-order valence-electron chi connectivity index (χ1n) is 8.02. The van der Waals surface area contributed by atoms with Gasteiger partial charge in [-0.25, -0.2) is 4.79 Å². The summed E-state index contributed by atoms with van der Waals surface area (Å²) in [6, 6.07) is 2.02. The summed E-state index contributed by atoms with van der Waals surface area (Å²) in [5.74, 6) is 0.303. The van der Waals surface area contributed by atoms with Crippen molar-refractivity contribution in [2.45, 2.75) is 50.6 Å². The molecular formula is C16H23N3O2S. The Morgan fingerprint density at radius 2 is 2.23 bits per heavy atom. The fourth-order valence-corrected chi connectivity index (χ4v) is 3.60. The van der Waals surface area contributed by atoms with Crippen LogP contribution < -0.4 is 10.6 Å². The predicted octanol–water partition coefficient (Wildman–Crippen LogP) is 2.30. The second-order valence-electron chi connectivity index (χ2n) is 6.28. The fourth-order valence-electron chi connectivity index (χ4n) is 2.82. The van der Waals surface area contributed by atoms with E-state index in [0.717, 1.165) is 25.7 Å². The molecule has 1 aromatic heterocycles. The molecule has 0 radical (unpaired) electrons. The van der Waals surface area contributed by atoms with Crippen LogP contribution >= 0.6 is 11.3 Å². The third kappa shape index (κ3) is 3.61. The van der Waals surface area contributed by atoms with Gasteiger partial charge in [0.05, 0.1) is 0 Å². The second-order valence-corrected chi connectivity index (χ2v) is 7.06. The van der Waals surface area contributed by atoms with Gasteiger partial charge in [0, 0.05) is 19.1 Å². The molecule has 1 aromatic rings. The minimum atomic E-state index is -0.294. The summed E-state index contributed by atoms with van der Waals surface area (Å²) in [6.07, 6.45) is 3.81. The van der Waals surface area contributed by atoms with Gasteiger partial charge in [-0.3, -0.25) is 4.79 Å². The van der Waals surface area contributed by atoms with E-state index in [-0.39, 0.29) is 23.9 Å². The Balaban J connectivity index is 1.50. The number of carbonyl (C=O) groups excluding carboxylic acids is 2. The average Bonchev–Trinajstić information content (AvgIpc) is 3.00. The lowest BCUT2D eigenvalue weighted by molar-refractivity contribution is -0.124. The van der Waals surface area contributed by atoms with Gasteiger partial charge in [-0.15, -0.1) is 0 Å². The van der Waals surface area contributed by atoms with E-state index >= 15 is 0 Å². The van der Waals surface area contributed by atoms with Gasteiger partial charge in [0.2, 0.25) is 5.91 Å². The number of rotatable bonds is 5. The van der Waals surface area contributed by atoms with Gasteiger partial charge in [0.25, 0.3) is 0 Å². The van der Waals surface area contributed by atoms with Gasteiger partial charge in [-0.05, 0) is 54.0 Å². The summed E-state index contributed by atoms with van der Waals surface area (Å²) in [6.45, 7) is 3.37. The Morgan fingerprint density at radius 1 is 1.41 bits per heavy atom. The summed E-state index contributed by atoms with van der Waals surface area (Å²) >= 11 is 1.67. The third-order valence-corrected chi connectivity index (χ3v) is 5.11. The van der Waals surface area contributed by atoms with Crippen molar-refractivity contribution in [3.63, 3.8) is 0 Å². The molecule has 22 heavy (non-hydrogen) atoms. The SMILES string of the molecule is C[C@H](CNC(=O)N1CCC[C@H]1C(=O)NC1CC1)c1ccsc1. The summed E-state index contributed by atoms with van der Waals surface area (Å²) in [5, 5.41) is 10.1. The maximum Gasteiger partial charge on any atom is 0.318 e. The summed E-state index contributed by atoms with van der Waals surface area (Å²) in [4.78, 5) is 26.3. The summed E-state index contributed by atoms with van der Waals surface area (Å²) in [7, 11) is 0. The number of hydrogen-bond acceptors (Lipinski definition) is 3. The normalized spacial score (nSPS) is 22.4. The Hall–Kier alpha value is -1.56. The van der Waals surface area contributed by atoms with E-state index in [4.69, 9.17) is 0 Å². The van der Waals surface area contributed by atoms with Crippen molar-refractivity contribution in [3.8, 4) is 0 Å². The van der Waals surface area contributed by atoms with Gasteiger partial charge < -0.3 is 15.5 Å². The smallest absolute Gasteiger partial charge is 0.318 e. The highest BCUT2D eigenvalue weighted by atomic mass is 32.1.